The second-order valence-corrected chi connectivity index (χ2v) is 6.74. The minimum Gasteiger partial charge on any atom is -0.493 e. The van der Waals surface area contributed by atoms with Crippen LogP contribution < -0.4 is 14.8 Å². The molecule has 27 heavy (non-hydrogen) atoms. The number of ether oxygens (including phenoxy) is 2. The second-order valence-electron chi connectivity index (χ2n) is 5.89. The number of benzene rings is 2. The smallest absolute Gasteiger partial charge is 0.416 e. The van der Waals surface area contributed by atoms with Crippen LogP contribution in [0.4, 0.5) is 13.2 Å². The SMILES string of the molecule is COc1cc(Br)c(CC(=O)N[C@H](C)c2cccc(C(F)(F)F)c2)cc1OC. The van der Waals surface area contributed by atoms with Gasteiger partial charge in [0, 0.05) is 4.47 Å². The summed E-state index contributed by atoms with van der Waals surface area (Å²) in [6.07, 6.45) is -4.39. The average molecular weight is 446 g/mol. The first-order valence-corrected chi connectivity index (χ1v) is 8.82. The van der Waals surface area contributed by atoms with Crippen LogP contribution in [0.1, 0.15) is 29.7 Å². The van der Waals surface area contributed by atoms with Crippen LogP contribution in [-0.2, 0) is 17.4 Å². The number of amides is 1. The molecule has 2 aromatic carbocycles. The summed E-state index contributed by atoms with van der Waals surface area (Å²) in [5.74, 6) is 0.674. The number of halogens is 4. The number of carbonyl (C=O) groups is 1. The van der Waals surface area contributed by atoms with Crippen molar-refractivity contribution in [3.05, 3.63) is 57.6 Å². The summed E-state index contributed by atoms with van der Waals surface area (Å²) in [6.45, 7) is 1.64. The molecule has 0 bridgehead atoms. The maximum Gasteiger partial charge on any atom is 0.416 e. The Kier molecular flexibility index (Phi) is 6.75. The van der Waals surface area contributed by atoms with E-state index in [1.54, 1.807) is 25.1 Å². The van der Waals surface area contributed by atoms with Gasteiger partial charge in [0.05, 0.1) is 32.2 Å². The zero-order valence-electron chi connectivity index (χ0n) is 15.0. The molecule has 1 N–H and O–H groups in total. The first kappa shape index (κ1) is 21.1. The van der Waals surface area contributed by atoms with Gasteiger partial charge >= 0.3 is 6.18 Å². The standard InChI is InChI=1S/C19H19BrF3NO3/c1-11(12-5-4-6-14(7-12)19(21,22)23)24-18(25)9-13-8-16(26-2)17(27-3)10-15(13)20/h4-8,10-11H,9H2,1-3H3,(H,24,25)/t11-/m1/s1. The summed E-state index contributed by atoms with van der Waals surface area (Å²) in [5, 5.41) is 2.72. The number of nitrogens with one attached hydrogen (secondary N) is 1. The highest BCUT2D eigenvalue weighted by molar-refractivity contribution is 9.10. The predicted octanol–water partition coefficient (Wildman–Crippen LogP) is 4.91. The molecule has 0 aromatic heterocycles. The Bertz CT molecular complexity index is 824. The fourth-order valence-corrected chi connectivity index (χ4v) is 3.03. The molecule has 1 amide bonds. The molecule has 0 fully saturated rings. The normalized spacial score (nSPS) is 12.4. The van der Waals surface area contributed by atoms with Gasteiger partial charge in [-0.2, -0.15) is 13.2 Å². The molecule has 0 spiro atoms. The summed E-state index contributed by atoms with van der Waals surface area (Å²) in [5.41, 5.74) is 0.301. The minimum absolute atomic E-state index is 0.0320. The van der Waals surface area contributed by atoms with Crippen molar-refractivity contribution in [3.8, 4) is 11.5 Å². The number of carbonyl (C=O) groups excluding carboxylic acids is 1. The molecular formula is C19H19BrF3NO3. The Hall–Kier alpha value is -2.22. The van der Waals surface area contributed by atoms with Gasteiger partial charge in [-0.3, -0.25) is 4.79 Å². The van der Waals surface area contributed by atoms with E-state index in [-0.39, 0.29) is 12.3 Å². The topological polar surface area (TPSA) is 47.6 Å². The second kappa shape index (κ2) is 8.65. The van der Waals surface area contributed by atoms with Crippen LogP contribution >= 0.6 is 15.9 Å². The summed E-state index contributed by atoms with van der Waals surface area (Å²) >= 11 is 3.38. The quantitative estimate of drug-likeness (QED) is 0.687. The van der Waals surface area contributed by atoms with Gasteiger partial charge in [-0.1, -0.05) is 28.1 Å². The number of hydrogen-bond acceptors (Lipinski definition) is 3. The summed E-state index contributed by atoms with van der Waals surface area (Å²) in [4.78, 5) is 12.4. The largest absolute Gasteiger partial charge is 0.493 e. The average Bonchev–Trinajstić information content (AvgIpc) is 2.62. The van der Waals surface area contributed by atoms with Crippen LogP contribution in [0, 0.1) is 0 Å². The molecule has 0 radical (unpaired) electrons. The molecule has 0 aliphatic heterocycles. The number of hydrogen-bond donors (Lipinski definition) is 1. The van der Waals surface area contributed by atoms with E-state index in [2.05, 4.69) is 21.2 Å². The number of alkyl halides is 3. The molecule has 0 aliphatic carbocycles. The van der Waals surface area contributed by atoms with E-state index in [0.717, 1.165) is 12.1 Å². The third-order valence-corrected chi connectivity index (χ3v) is 4.73. The van der Waals surface area contributed by atoms with Crippen LogP contribution in [0.2, 0.25) is 0 Å². The molecular weight excluding hydrogens is 427 g/mol. The van der Waals surface area contributed by atoms with Crippen LogP contribution in [0.15, 0.2) is 40.9 Å². The van der Waals surface area contributed by atoms with E-state index in [0.29, 0.717) is 27.1 Å². The van der Waals surface area contributed by atoms with Crippen molar-refractivity contribution >= 4 is 21.8 Å². The van der Waals surface area contributed by atoms with Gasteiger partial charge in [-0.05, 0) is 42.3 Å². The van der Waals surface area contributed by atoms with Gasteiger partial charge in [0.2, 0.25) is 5.91 Å². The molecule has 1 atom stereocenters. The van der Waals surface area contributed by atoms with Gasteiger partial charge in [0.1, 0.15) is 0 Å². The van der Waals surface area contributed by atoms with E-state index in [4.69, 9.17) is 9.47 Å². The Morgan fingerprint density at radius 1 is 1.15 bits per heavy atom. The first-order valence-electron chi connectivity index (χ1n) is 8.02. The van der Waals surface area contributed by atoms with E-state index in [9.17, 15) is 18.0 Å². The van der Waals surface area contributed by atoms with E-state index >= 15 is 0 Å². The lowest BCUT2D eigenvalue weighted by Gasteiger charge is -2.17. The Morgan fingerprint density at radius 3 is 2.37 bits per heavy atom. The molecule has 0 unspecified atom stereocenters. The highest BCUT2D eigenvalue weighted by atomic mass is 79.9. The lowest BCUT2D eigenvalue weighted by Crippen LogP contribution is -2.28. The Balaban J connectivity index is 2.12. The zero-order chi connectivity index (χ0) is 20.2. The third kappa shape index (κ3) is 5.38. The van der Waals surface area contributed by atoms with E-state index in [1.165, 1.54) is 20.3 Å². The molecule has 146 valence electrons. The van der Waals surface area contributed by atoms with Crippen molar-refractivity contribution in [2.24, 2.45) is 0 Å². The lowest BCUT2D eigenvalue weighted by molar-refractivity contribution is -0.137. The molecule has 2 aromatic rings. The fourth-order valence-electron chi connectivity index (χ4n) is 2.56. The van der Waals surface area contributed by atoms with Crippen LogP contribution in [0.25, 0.3) is 0 Å². The summed E-state index contributed by atoms with van der Waals surface area (Å²) in [7, 11) is 3.00. The van der Waals surface area contributed by atoms with Gasteiger partial charge in [0.15, 0.2) is 11.5 Å². The monoisotopic (exact) mass is 445 g/mol. The Morgan fingerprint density at radius 2 is 1.78 bits per heavy atom. The molecule has 0 aliphatic rings. The number of rotatable bonds is 6. The molecule has 8 heteroatoms. The molecule has 2 rings (SSSR count). The van der Waals surface area contributed by atoms with Crippen molar-refractivity contribution < 1.29 is 27.4 Å². The number of methoxy groups -OCH3 is 2. The van der Waals surface area contributed by atoms with Gasteiger partial charge in [0.25, 0.3) is 0 Å². The summed E-state index contributed by atoms with van der Waals surface area (Å²) in [6, 6.07) is 7.71. The van der Waals surface area contributed by atoms with Crippen molar-refractivity contribution in [2.75, 3.05) is 14.2 Å². The first-order chi connectivity index (χ1) is 12.7. The fraction of sp³-hybridized carbons (Fsp3) is 0.316. The van der Waals surface area contributed by atoms with Crippen molar-refractivity contribution in [1.29, 1.82) is 0 Å². The highest BCUT2D eigenvalue weighted by Crippen LogP contribution is 2.34. The van der Waals surface area contributed by atoms with Crippen molar-refractivity contribution in [2.45, 2.75) is 25.6 Å². The van der Waals surface area contributed by atoms with Crippen molar-refractivity contribution in [3.63, 3.8) is 0 Å². The maximum atomic E-state index is 12.8. The van der Waals surface area contributed by atoms with Crippen LogP contribution in [0.3, 0.4) is 0 Å². The highest BCUT2D eigenvalue weighted by Gasteiger charge is 2.30. The van der Waals surface area contributed by atoms with Gasteiger partial charge in [-0.15, -0.1) is 0 Å². The zero-order valence-corrected chi connectivity index (χ0v) is 16.6. The lowest BCUT2D eigenvalue weighted by atomic mass is 10.0. The molecule has 0 saturated carbocycles. The minimum atomic E-state index is -4.43. The third-order valence-electron chi connectivity index (χ3n) is 4.00. The molecule has 0 saturated heterocycles. The maximum absolute atomic E-state index is 12.8. The Labute approximate surface area is 163 Å². The van der Waals surface area contributed by atoms with Crippen LogP contribution in [0.5, 0.6) is 11.5 Å². The molecule has 4 nitrogen and oxygen atoms in total. The van der Waals surface area contributed by atoms with E-state index in [1.807, 2.05) is 0 Å². The van der Waals surface area contributed by atoms with Gasteiger partial charge in [-0.25, -0.2) is 0 Å². The molecule has 0 heterocycles. The summed E-state index contributed by atoms with van der Waals surface area (Å²) < 4.78 is 49.6. The van der Waals surface area contributed by atoms with E-state index < -0.39 is 17.8 Å². The van der Waals surface area contributed by atoms with Crippen molar-refractivity contribution in [1.82, 2.24) is 5.32 Å². The predicted molar refractivity (Wildman–Crippen MR) is 99.0 cm³/mol. The van der Waals surface area contributed by atoms with Crippen LogP contribution in [-0.4, -0.2) is 20.1 Å². The van der Waals surface area contributed by atoms with Gasteiger partial charge < -0.3 is 14.8 Å².